The van der Waals surface area contributed by atoms with Crippen molar-refractivity contribution in [3.05, 3.63) is 58.7 Å². The number of carbonyl (C=O) groups is 1. The van der Waals surface area contributed by atoms with Crippen molar-refractivity contribution < 1.29 is 17.8 Å². The first-order valence-electron chi connectivity index (χ1n) is 11.9. The second-order valence-electron chi connectivity index (χ2n) is 9.97. The number of fused-ring (bicyclic) bond motifs is 1. The fourth-order valence-electron chi connectivity index (χ4n) is 5.04. The highest BCUT2D eigenvalue weighted by atomic mass is 35.5. The summed E-state index contributed by atoms with van der Waals surface area (Å²) in [7, 11) is -3.05. The van der Waals surface area contributed by atoms with E-state index >= 15 is 4.39 Å². The van der Waals surface area contributed by atoms with Crippen LogP contribution >= 0.6 is 11.6 Å². The second-order valence-corrected chi connectivity index (χ2v) is 12.8. The van der Waals surface area contributed by atoms with E-state index in [0.717, 1.165) is 37.3 Å². The summed E-state index contributed by atoms with van der Waals surface area (Å²) in [6, 6.07) is 8.55. The molecule has 0 radical (unpaired) electrons. The Hall–Kier alpha value is -2.75. The van der Waals surface area contributed by atoms with Crippen molar-refractivity contribution in [1.82, 2.24) is 10.2 Å². The second kappa shape index (κ2) is 9.28. The van der Waals surface area contributed by atoms with Crippen molar-refractivity contribution in [3.8, 4) is 11.5 Å². The zero-order valence-electron chi connectivity index (χ0n) is 20.0. The zero-order chi connectivity index (χ0) is 25.7. The van der Waals surface area contributed by atoms with Crippen LogP contribution in [0.25, 0.3) is 11.5 Å². The Kier molecular flexibility index (Phi) is 6.43. The molecule has 3 aromatic rings. The molecule has 1 amide bonds. The number of halogens is 2. The molecular formula is C26H28ClFN4O3S. The molecule has 1 unspecified atom stereocenters. The number of nitrogens with two attached hydrogens (primary N) is 1. The maximum Gasteiger partial charge on any atom is 0.250 e. The highest BCUT2D eigenvalue weighted by Gasteiger charge is 2.37. The molecule has 1 saturated carbocycles. The Morgan fingerprint density at radius 3 is 2.61 bits per heavy atom. The molecule has 1 aliphatic carbocycles. The van der Waals surface area contributed by atoms with E-state index in [9.17, 15) is 9.00 Å². The van der Waals surface area contributed by atoms with Gasteiger partial charge in [0.1, 0.15) is 5.82 Å². The van der Waals surface area contributed by atoms with E-state index in [-0.39, 0.29) is 39.7 Å². The first-order chi connectivity index (χ1) is 17.1. The van der Waals surface area contributed by atoms with Gasteiger partial charge in [-0.15, -0.1) is 10.2 Å². The largest absolute Gasteiger partial charge is 0.420 e. The lowest BCUT2D eigenvalue weighted by molar-refractivity contribution is -0.119. The lowest BCUT2D eigenvalue weighted by Crippen LogP contribution is -2.45. The summed E-state index contributed by atoms with van der Waals surface area (Å²) < 4.78 is 34.9. The monoisotopic (exact) mass is 530 g/mol. The van der Waals surface area contributed by atoms with Crippen LogP contribution in [0.1, 0.15) is 50.5 Å². The third-order valence-electron chi connectivity index (χ3n) is 7.15. The van der Waals surface area contributed by atoms with E-state index in [1.165, 1.54) is 17.4 Å². The van der Waals surface area contributed by atoms with Crippen LogP contribution in [0.15, 0.2) is 45.7 Å². The highest BCUT2D eigenvalue weighted by Crippen LogP contribution is 2.41. The summed E-state index contributed by atoms with van der Waals surface area (Å²) in [6.45, 7) is 2.22. The van der Waals surface area contributed by atoms with E-state index in [1.807, 2.05) is 0 Å². The molecular weight excluding hydrogens is 503 g/mol. The third-order valence-corrected chi connectivity index (χ3v) is 9.43. The number of rotatable bonds is 4. The van der Waals surface area contributed by atoms with Crippen LogP contribution in [0.3, 0.4) is 0 Å². The molecule has 36 heavy (non-hydrogen) atoms. The van der Waals surface area contributed by atoms with E-state index in [2.05, 4.69) is 23.0 Å². The Morgan fingerprint density at radius 1 is 1.22 bits per heavy atom. The van der Waals surface area contributed by atoms with Crippen molar-refractivity contribution in [1.29, 1.82) is 0 Å². The maximum absolute atomic E-state index is 15.4. The topological polar surface area (TPSA) is 102 Å². The van der Waals surface area contributed by atoms with Crippen LogP contribution in [-0.4, -0.2) is 38.0 Å². The molecule has 2 aliphatic rings. The van der Waals surface area contributed by atoms with Crippen molar-refractivity contribution in [2.45, 2.75) is 61.9 Å². The number of carbonyl (C=O) groups excluding carboxylic acids is 1. The molecule has 5 rings (SSSR count). The van der Waals surface area contributed by atoms with Gasteiger partial charge in [0.15, 0.2) is 0 Å². The van der Waals surface area contributed by atoms with Crippen LogP contribution in [0, 0.1) is 5.82 Å². The van der Waals surface area contributed by atoms with Gasteiger partial charge in [0.2, 0.25) is 11.8 Å². The molecule has 1 aliphatic heterocycles. The summed E-state index contributed by atoms with van der Waals surface area (Å²) in [4.78, 5) is 14.9. The Labute approximate surface area is 214 Å². The molecule has 0 saturated heterocycles. The summed E-state index contributed by atoms with van der Waals surface area (Å²) in [5.41, 5.74) is 6.95. The summed E-state index contributed by atoms with van der Waals surface area (Å²) in [5.74, 6) is 3.02. The fourth-order valence-corrected chi connectivity index (χ4v) is 6.94. The van der Waals surface area contributed by atoms with E-state index in [1.54, 1.807) is 24.3 Å². The van der Waals surface area contributed by atoms with E-state index in [0.29, 0.717) is 10.9 Å². The first kappa shape index (κ1) is 24.9. The molecule has 0 bridgehead atoms. The van der Waals surface area contributed by atoms with Gasteiger partial charge in [-0.05, 0) is 48.5 Å². The van der Waals surface area contributed by atoms with Gasteiger partial charge in [0, 0.05) is 25.7 Å². The smallest absolute Gasteiger partial charge is 0.250 e. The lowest BCUT2D eigenvalue weighted by Gasteiger charge is -2.29. The SMILES string of the molecule is C=S1(=O)C[C@H](N)C(=O)N(Cc2ccc(Cl)cc2)c2cc(-c3nnc(C4(C)CCCCC4)o3)c(F)cc21. The minimum atomic E-state index is -3.05. The van der Waals surface area contributed by atoms with Crippen LogP contribution in [0.4, 0.5) is 10.1 Å². The van der Waals surface area contributed by atoms with E-state index in [4.69, 9.17) is 21.8 Å². The number of amides is 1. The van der Waals surface area contributed by atoms with Gasteiger partial charge in [-0.1, -0.05) is 49.9 Å². The molecule has 2 heterocycles. The molecule has 10 heteroatoms. The number of benzene rings is 2. The first-order valence-corrected chi connectivity index (χ1v) is 14.2. The summed E-state index contributed by atoms with van der Waals surface area (Å²) in [5, 5.41) is 8.95. The van der Waals surface area contributed by atoms with Gasteiger partial charge in [-0.2, -0.15) is 0 Å². The fraction of sp³-hybridized carbons (Fsp3) is 0.385. The van der Waals surface area contributed by atoms with Crippen LogP contribution in [0.5, 0.6) is 0 Å². The minimum Gasteiger partial charge on any atom is -0.420 e. The maximum atomic E-state index is 15.4. The molecule has 190 valence electrons. The van der Waals surface area contributed by atoms with Gasteiger partial charge in [-0.25, -0.2) is 4.39 Å². The standard InChI is InChI=1S/C26H28ClFN4O3S/c1-26(10-4-3-5-11-26)25-31-30-23(35-25)18-12-21-22(13-19(18)28)36(2,34)15-20(29)24(33)32(21)14-16-6-8-17(27)9-7-16/h6-9,12-13,20H,2-5,10-11,14-15,29H2,1H3/t20-,36?/m0/s1. The Bertz CT molecular complexity index is 1420. The quantitative estimate of drug-likeness (QED) is 0.490. The van der Waals surface area contributed by atoms with Crippen molar-refractivity contribution in [2.75, 3.05) is 10.7 Å². The minimum absolute atomic E-state index is 0.0140. The molecule has 7 nitrogen and oxygen atoms in total. The predicted octanol–water partition coefficient (Wildman–Crippen LogP) is 4.70. The predicted molar refractivity (Wildman–Crippen MR) is 139 cm³/mol. The molecule has 0 spiro atoms. The van der Waals surface area contributed by atoms with Gasteiger partial charge in [0.05, 0.1) is 28.7 Å². The molecule has 2 N–H and O–H groups in total. The molecule has 2 aromatic carbocycles. The number of aromatic nitrogens is 2. The number of nitrogens with zero attached hydrogens (tertiary/aromatic N) is 3. The van der Waals surface area contributed by atoms with Crippen LogP contribution in [0.2, 0.25) is 5.02 Å². The van der Waals surface area contributed by atoms with Gasteiger partial charge in [0.25, 0.3) is 5.89 Å². The lowest BCUT2D eigenvalue weighted by atomic mass is 9.76. The number of hydrogen-bond acceptors (Lipinski definition) is 6. The normalized spacial score (nSPS) is 23.8. The number of anilines is 1. The average molecular weight is 531 g/mol. The summed E-state index contributed by atoms with van der Waals surface area (Å²) >= 11 is 6.01. The molecule has 2 atom stereocenters. The van der Waals surface area contributed by atoms with Crippen molar-refractivity contribution in [3.63, 3.8) is 0 Å². The third kappa shape index (κ3) is 4.55. The Balaban J connectivity index is 1.62. The van der Waals surface area contributed by atoms with Gasteiger partial charge < -0.3 is 15.1 Å². The van der Waals surface area contributed by atoms with Crippen molar-refractivity contribution >= 4 is 38.6 Å². The van der Waals surface area contributed by atoms with Crippen LogP contribution < -0.4 is 10.6 Å². The zero-order valence-corrected chi connectivity index (χ0v) is 21.6. The van der Waals surface area contributed by atoms with Gasteiger partial charge >= 0.3 is 0 Å². The van der Waals surface area contributed by atoms with Gasteiger partial charge in [-0.3, -0.25) is 9.00 Å². The van der Waals surface area contributed by atoms with Crippen molar-refractivity contribution in [2.24, 2.45) is 5.73 Å². The molecule has 1 aromatic heterocycles. The Morgan fingerprint density at radius 2 is 1.92 bits per heavy atom. The summed E-state index contributed by atoms with van der Waals surface area (Å²) in [6.07, 6.45) is 5.15. The number of hydrogen-bond donors (Lipinski definition) is 1. The van der Waals surface area contributed by atoms with E-state index < -0.39 is 27.3 Å². The highest BCUT2D eigenvalue weighted by molar-refractivity contribution is 8.00. The average Bonchev–Trinajstić information content (AvgIpc) is 3.32. The van der Waals surface area contributed by atoms with Crippen LogP contribution in [-0.2, 0) is 26.3 Å². The molecule has 1 fully saturated rings.